The van der Waals surface area contributed by atoms with E-state index in [4.69, 9.17) is 8.85 Å². The first-order chi connectivity index (χ1) is 10.7. The molecule has 0 bridgehead atoms. The van der Waals surface area contributed by atoms with Crippen LogP contribution in [0.25, 0.3) is 0 Å². The number of esters is 1. The third-order valence-corrected chi connectivity index (χ3v) is 5.11. The number of ether oxygens (including phenoxy) is 1. The third kappa shape index (κ3) is 10.2. The third-order valence-electron chi connectivity index (χ3n) is 3.15. The standard InChI is InChI=1S/C16H35NO5Si2/c1-16(2,12-21-23(4,5)6)14(22-24(7,8)9)15(19)17-11-10-13(18)20-3/h14H,10-12H2,1-9H3,(H,17,19). The maximum Gasteiger partial charge on any atom is 0.307 e. The number of hydrogen-bond acceptors (Lipinski definition) is 5. The van der Waals surface area contributed by atoms with Crippen LogP contribution in [0, 0.1) is 5.41 Å². The molecule has 0 rings (SSSR count). The second-order valence-electron chi connectivity index (χ2n) is 8.62. The average Bonchev–Trinajstić information content (AvgIpc) is 2.40. The van der Waals surface area contributed by atoms with Crippen LogP contribution in [0.1, 0.15) is 20.3 Å². The molecule has 142 valence electrons. The second-order valence-corrected chi connectivity index (χ2v) is 17.6. The normalized spacial score (nSPS) is 14.2. The van der Waals surface area contributed by atoms with Crippen LogP contribution in [-0.2, 0) is 23.2 Å². The quantitative estimate of drug-likeness (QED) is 0.468. The van der Waals surface area contributed by atoms with Gasteiger partial charge in [0.1, 0.15) is 6.10 Å². The molecule has 0 aliphatic carbocycles. The fourth-order valence-electron chi connectivity index (χ4n) is 1.88. The van der Waals surface area contributed by atoms with Crippen molar-refractivity contribution >= 4 is 28.5 Å². The molecular weight excluding hydrogens is 342 g/mol. The van der Waals surface area contributed by atoms with E-state index in [0.29, 0.717) is 6.61 Å². The van der Waals surface area contributed by atoms with Crippen molar-refractivity contribution < 1.29 is 23.2 Å². The summed E-state index contributed by atoms with van der Waals surface area (Å²) in [7, 11) is -2.29. The van der Waals surface area contributed by atoms with Crippen molar-refractivity contribution in [2.45, 2.75) is 65.7 Å². The summed E-state index contributed by atoms with van der Waals surface area (Å²) < 4.78 is 16.8. The molecule has 0 radical (unpaired) electrons. The highest BCUT2D eigenvalue weighted by atomic mass is 28.4. The van der Waals surface area contributed by atoms with E-state index in [1.54, 1.807) is 0 Å². The minimum Gasteiger partial charge on any atom is -0.469 e. The molecule has 8 heteroatoms. The van der Waals surface area contributed by atoms with Gasteiger partial charge in [-0.15, -0.1) is 0 Å². The number of amides is 1. The lowest BCUT2D eigenvalue weighted by Gasteiger charge is -2.38. The SMILES string of the molecule is COC(=O)CCNC(=O)C(O[Si](C)(C)C)C(C)(C)CO[Si](C)(C)C. The molecule has 0 aromatic carbocycles. The molecule has 1 unspecified atom stereocenters. The molecule has 0 aromatic rings. The molecule has 0 aliphatic rings. The highest BCUT2D eigenvalue weighted by Gasteiger charge is 2.40. The predicted octanol–water partition coefficient (Wildman–Crippen LogP) is 2.76. The first kappa shape index (κ1) is 23.3. The molecule has 1 atom stereocenters. The van der Waals surface area contributed by atoms with Gasteiger partial charge in [0.2, 0.25) is 5.91 Å². The van der Waals surface area contributed by atoms with E-state index < -0.39 is 28.2 Å². The van der Waals surface area contributed by atoms with Gasteiger partial charge in [-0.3, -0.25) is 9.59 Å². The lowest BCUT2D eigenvalue weighted by Crippen LogP contribution is -2.52. The van der Waals surface area contributed by atoms with Crippen LogP contribution in [0.4, 0.5) is 0 Å². The van der Waals surface area contributed by atoms with Crippen molar-refractivity contribution in [1.82, 2.24) is 5.32 Å². The van der Waals surface area contributed by atoms with E-state index in [-0.39, 0.29) is 24.8 Å². The van der Waals surface area contributed by atoms with Crippen molar-refractivity contribution in [2.75, 3.05) is 20.3 Å². The van der Waals surface area contributed by atoms with Gasteiger partial charge in [0.25, 0.3) is 0 Å². The van der Waals surface area contributed by atoms with Crippen LogP contribution in [0.15, 0.2) is 0 Å². The van der Waals surface area contributed by atoms with Crippen LogP contribution in [0.5, 0.6) is 0 Å². The number of carbonyl (C=O) groups excluding carboxylic acids is 2. The minimum atomic E-state index is -1.93. The van der Waals surface area contributed by atoms with Gasteiger partial charge in [0.05, 0.1) is 13.5 Å². The van der Waals surface area contributed by atoms with Crippen LogP contribution >= 0.6 is 0 Å². The summed E-state index contributed by atoms with van der Waals surface area (Å²) in [5.41, 5.74) is -0.462. The molecule has 0 saturated heterocycles. The van der Waals surface area contributed by atoms with Gasteiger partial charge >= 0.3 is 5.97 Å². The Morgan fingerprint density at radius 3 is 2.00 bits per heavy atom. The van der Waals surface area contributed by atoms with E-state index in [1.165, 1.54) is 7.11 Å². The fraction of sp³-hybridized carbons (Fsp3) is 0.875. The van der Waals surface area contributed by atoms with E-state index in [1.807, 2.05) is 13.8 Å². The zero-order chi connectivity index (χ0) is 19.2. The monoisotopic (exact) mass is 377 g/mol. The number of rotatable bonds is 10. The average molecular weight is 378 g/mol. The molecule has 0 fully saturated rings. The number of carbonyl (C=O) groups is 2. The van der Waals surface area contributed by atoms with Crippen LogP contribution in [0.2, 0.25) is 39.3 Å². The van der Waals surface area contributed by atoms with Crippen molar-refractivity contribution in [2.24, 2.45) is 5.41 Å². The molecule has 24 heavy (non-hydrogen) atoms. The van der Waals surface area contributed by atoms with Crippen LogP contribution < -0.4 is 5.32 Å². The highest BCUT2D eigenvalue weighted by molar-refractivity contribution is 6.70. The maximum atomic E-state index is 12.7. The summed E-state index contributed by atoms with van der Waals surface area (Å²) in [4.78, 5) is 23.8. The Labute approximate surface area is 148 Å². The number of hydrogen-bond donors (Lipinski definition) is 1. The van der Waals surface area contributed by atoms with E-state index in [9.17, 15) is 9.59 Å². The van der Waals surface area contributed by atoms with E-state index >= 15 is 0 Å². The molecule has 0 aromatic heterocycles. The summed E-state index contributed by atoms with van der Waals surface area (Å²) in [5, 5.41) is 2.79. The number of nitrogens with one attached hydrogen (secondary N) is 1. The second kappa shape index (κ2) is 9.12. The van der Waals surface area contributed by atoms with Gasteiger partial charge in [0.15, 0.2) is 16.6 Å². The van der Waals surface area contributed by atoms with Gasteiger partial charge in [0, 0.05) is 18.6 Å². The van der Waals surface area contributed by atoms with Gasteiger partial charge in [-0.1, -0.05) is 13.8 Å². The zero-order valence-electron chi connectivity index (χ0n) is 16.7. The van der Waals surface area contributed by atoms with Crippen molar-refractivity contribution in [1.29, 1.82) is 0 Å². The summed E-state index contributed by atoms with van der Waals surface area (Å²) in [6.07, 6.45) is -0.466. The first-order valence-electron chi connectivity index (χ1n) is 8.34. The molecule has 1 N–H and O–H groups in total. The Hall–Kier alpha value is -0.706. The maximum absolute atomic E-state index is 12.7. The Morgan fingerprint density at radius 2 is 1.58 bits per heavy atom. The van der Waals surface area contributed by atoms with E-state index in [0.717, 1.165) is 0 Å². The van der Waals surface area contributed by atoms with Gasteiger partial charge in [-0.2, -0.15) is 0 Å². The fourth-order valence-corrected chi connectivity index (χ4v) is 3.82. The smallest absolute Gasteiger partial charge is 0.307 e. The van der Waals surface area contributed by atoms with Crippen molar-refractivity contribution in [3.63, 3.8) is 0 Å². The van der Waals surface area contributed by atoms with Gasteiger partial charge in [-0.05, 0) is 39.3 Å². The van der Waals surface area contributed by atoms with E-state index in [2.05, 4.69) is 49.3 Å². The van der Waals surface area contributed by atoms with Crippen molar-refractivity contribution in [3.05, 3.63) is 0 Å². The van der Waals surface area contributed by atoms with Gasteiger partial charge in [-0.25, -0.2) is 0 Å². The molecule has 0 spiro atoms. The largest absolute Gasteiger partial charge is 0.469 e. The summed E-state index contributed by atoms with van der Waals surface area (Å²) in [5.74, 6) is -0.551. The highest BCUT2D eigenvalue weighted by Crippen LogP contribution is 2.28. The molecule has 1 amide bonds. The Kier molecular flexibility index (Phi) is 8.85. The van der Waals surface area contributed by atoms with Gasteiger partial charge < -0.3 is 18.9 Å². The summed E-state index contributed by atoms with van der Waals surface area (Å²) >= 11 is 0. The molecule has 6 nitrogen and oxygen atoms in total. The minimum absolute atomic E-state index is 0.147. The lowest BCUT2D eigenvalue weighted by molar-refractivity contribution is -0.141. The summed E-state index contributed by atoms with van der Waals surface area (Å²) in [6, 6.07) is 0. The zero-order valence-corrected chi connectivity index (χ0v) is 18.7. The molecular formula is C16H35NO5Si2. The Bertz CT molecular complexity index is 427. The molecule has 0 saturated carbocycles. The first-order valence-corrected chi connectivity index (χ1v) is 15.2. The Morgan fingerprint density at radius 1 is 1.04 bits per heavy atom. The van der Waals surface area contributed by atoms with Crippen LogP contribution in [0.3, 0.4) is 0 Å². The lowest BCUT2D eigenvalue weighted by atomic mass is 9.87. The number of methoxy groups -OCH3 is 1. The topological polar surface area (TPSA) is 73.9 Å². The van der Waals surface area contributed by atoms with Crippen LogP contribution in [-0.4, -0.2) is 54.9 Å². The Balaban J connectivity index is 5.01. The predicted molar refractivity (Wildman–Crippen MR) is 101 cm³/mol. The van der Waals surface area contributed by atoms with Crippen molar-refractivity contribution in [3.8, 4) is 0 Å². The molecule has 0 heterocycles. The molecule has 0 aliphatic heterocycles. The summed E-state index contributed by atoms with van der Waals surface area (Å²) in [6.45, 7) is 17.2.